The van der Waals surface area contributed by atoms with E-state index < -0.39 is 9.17 Å². The molecular weight excluding hydrogens is 140 g/mol. The van der Waals surface area contributed by atoms with Gasteiger partial charge in [0.15, 0.2) is 0 Å². The molecule has 0 spiro atoms. The Bertz CT molecular complexity index is 33.8. The molecule has 0 atom stereocenters. The van der Waals surface area contributed by atoms with E-state index >= 15 is 0 Å². The van der Waals surface area contributed by atoms with Gasteiger partial charge in [-0.15, -0.1) is 0 Å². The predicted octanol–water partition coefficient (Wildman–Crippen LogP) is -3.45. The van der Waals surface area contributed by atoms with E-state index in [0.29, 0.717) is 0 Å². The normalized spacial score (nSPS) is 4.00. The Labute approximate surface area is 82.8 Å². The summed E-state index contributed by atoms with van der Waals surface area (Å²) in [5.74, 6) is 0. The first-order chi connectivity index (χ1) is 1.73. The molecule has 3 nitrogen and oxygen atoms in total. The summed E-state index contributed by atoms with van der Waals surface area (Å²) in [6.45, 7) is 0. The van der Waals surface area contributed by atoms with Crippen LogP contribution in [0.4, 0.5) is 0 Å². The van der Waals surface area contributed by atoms with E-state index in [1.165, 1.54) is 0 Å². The Morgan fingerprint density at radius 3 is 1.33 bits per heavy atom. The number of hydrogen-bond acceptors (Lipinski definition) is 1. The molecule has 0 radical (unpaired) electrons. The van der Waals surface area contributed by atoms with Crippen LogP contribution in [-0.2, 0) is 4.46 Å². The largest absolute Gasteiger partial charge is 0.316 e. The van der Waals surface area contributed by atoms with Crippen LogP contribution in [0.15, 0.2) is 0 Å². The first-order valence-electron chi connectivity index (χ1n) is 0.651. The minimum Gasteiger partial charge on any atom is 0.316 e. The average Bonchev–Trinajstić information content (AvgIpc) is 0.811. The summed E-state index contributed by atoms with van der Waals surface area (Å²) in [5, 5.41) is 0. The fraction of sp³-hybridized carbons (Fsp3) is 0. The summed E-state index contributed by atoms with van der Waals surface area (Å²) in [7, 11) is -3.13. The van der Waals surface area contributed by atoms with Gasteiger partial charge in [0.2, 0.25) is 0 Å². The molecule has 0 bridgehead atoms. The summed E-state index contributed by atoms with van der Waals surface area (Å²) >= 11 is 0. The minimum atomic E-state index is -3.13. The van der Waals surface area contributed by atoms with Crippen LogP contribution in [0.25, 0.3) is 0 Å². The molecule has 2 N–H and O–H groups in total. The minimum absolute atomic E-state index is 0. The molecule has 32 valence electrons. The zero-order chi connectivity index (χ0) is 3.58. The molecule has 0 aliphatic carbocycles. The predicted molar refractivity (Wildman–Crippen MR) is 28.0 cm³/mol. The Hall–Kier alpha value is 1.64. The van der Waals surface area contributed by atoms with E-state index in [1.54, 1.807) is 0 Å². The van der Waals surface area contributed by atoms with Crippen molar-refractivity contribution in [3.05, 3.63) is 0 Å². The smallest absolute Gasteiger partial charge is 0.316 e. The van der Waals surface area contributed by atoms with Crippen LogP contribution < -0.4 is 0 Å². The van der Waals surface area contributed by atoms with Crippen LogP contribution in [0.1, 0.15) is 0 Å². The van der Waals surface area contributed by atoms with E-state index in [1.807, 2.05) is 0 Å². The molecule has 0 unspecified atom stereocenters. The van der Waals surface area contributed by atoms with Gasteiger partial charge in [-0.1, -0.05) is 0 Å². The summed E-state index contributed by atoms with van der Waals surface area (Å²) in [6.07, 6.45) is 0. The fourth-order valence-electron chi connectivity index (χ4n) is 0. The third-order valence-electron chi connectivity index (χ3n) is 0. The van der Waals surface area contributed by atoms with Gasteiger partial charge in [-0.05, 0) is 0 Å². The van der Waals surface area contributed by atoms with Gasteiger partial charge < -0.3 is 9.59 Å². The van der Waals surface area contributed by atoms with Crippen LogP contribution in [0.2, 0.25) is 0 Å². The van der Waals surface area contributed by atoms with Crippen molar-refractivity contribution in [1.82, 2.24) is 0 Å². The molecule has 0 fully saturated rings. The Morgan fingerprint density at radius 1 is 1.33 bits per heavy atom. The van der Waals surface area contributed by atoms with Crippen LogP contribution in [0, 0.1) is 0 Å². The molecule has 0 saturated heterocycles. The van der Waals surface area contributed by atoms with Crippen molar-refractivity contribution in [3.63, 3.8) is 0 Å². The van der Waals surface area contributed by atoms with Crippen LogP contribution in [0.3, 0.4) is 0 Å². The summed E-state index contributed by atoms with van der Waals surface area (Å²) in [5.41, 5.74) is 0. The quantitative estimate of drug-likeness (QED) is 0.350. The van der Waals surface area contributed by atoms with E-state index in [0.717, 1.165) is 0 Å². The molecule has 0 rings (SSSR count). The van der Waals surface area contributed by atoms with Crippen LogP contribution >= 0.6 is 0 Å². The van der Waals surface area contributed by atoms with Crippen molar-refractivity contribution in [1.29, 1.82) is 0 Å². The average molecular weight is 147 g/mol. The fourth-order valence-corrected chi connectivity index (χ4v) is 0. The number of hydrogen-bond donors (Lipinski definition) is 2. The van der Waals surface area contributed by atoms with Gasteiger partial charge in [-0.25, -0.2) is 0 Å². The second-order valence-electron chi connectivity index (χ2n) is 0.283. The van der Waals surface area contributed by atoms with Gasteiger partial charge in [0.05, 0.1) is 0 Å². The molecule has 0 saturated carbocycles. The molecule has 0 aromatic rings. The summed E-state index contributed by atoms with van der Waals surface area (Å²) in [6, 6.07) is 0. The Morgan fingerprint density at radius 2 is 1.33 bits per heavy atom. The van der Waals surface area contributed by atoms with Crippen molar-refractivity contribution >= 4 is 70.0 Å². The maximum absolute atomic E-state index is 8.74. The van der Waals surface area contributed by atoms with Gasteiger partial charge in [-0.3, -0.25) is 4.46 Å². The van der Waals surface area contributed by atoms with E-state index in [9.17, 15) is 0 Å². The second kappa shape index (κ2) is 9.81. The van der Waals surface area contributed by atoms with Crippen LogP contribution in [0.5, 0.6) is 0 Å². The number of rotatable bonds is 0. The van der Waals surface area contributed by atoms with Crippen molar-refractivity contribution in [2.45, 2.75) is 0 Å². The second-order valence-corrected chi connectivity index (χ2v) is 0.848. The van der Waals surface area contributed by atoms with Crippen molar-refractivity contribution in [2.75, 3.05) is 0 Å². The van der Waals surface area contributed by atoms with Crippen molar-refractivity contribution < 1.29 is 14.1 Å². The third kappa shape index (κ3) is 45.1. The molecule has 0 aromatic carbocycles. The monoisotopic (exact) mass is 146 g/mol. The SMILES string of the molecule is O=[Si](O)O.[CaH2].[MgH2]. The van der Waals surface area contributed by atoms with E-state index in [-0.39, 0.29) is 60.8 Å². The molecular formula is H6CaMgO3Si. The van der Waals surface area contributed by atoms with Crippen molar-refractivity contribution in [3.8, 4) is 0 Å². The zero-order valence-electron chi connectivity index (χ0n) is 1.80. The third-order valence-corrected chi connectivity index (χ3v) is 0. The maximum atomic E-state index is 8.74. The standard InChI is InChI=1S/Ca.Mg.H2O3Si.4H/c;;1-4(2)3;;;;/h;;1-2H;;;;. The first-order valence-corrected chi connectivity index (χ1v) is 1.95. The maximum Gasteiger partial charge on any atom is 0.316 e. The molecule has 0 amide bonds. The zero-order valence-corrected chi connectivity index (χ0v) is 2.80. The van der Waals surface area contributed by atoms with Gasteiger partial charge in [0.25, 0.3) is 0 Å². The molecule has 6 heavy (non-hydrogen) atoms. The molecule has 0 heterocycles. The summed E-state index contributed by atoms with van der Waals surface area (Å²) in [4.78, 5) is 14.3. The van der Waals surface area contributed by atoms with Crippen LogP contribution in [-0.4, -0.2) is 79.6 Å². The van der Waals surface area contributed by atoms with Gasteiger partial charge >= 0.3 is 70.0 Å². The topological polar surface area (TPSA) is 57.5 Å². The molecule has 6 heteroatoms. The van der Waals surface area contributed by atoms with E-state index in [2.05, 4.69) is 0 Å². The Balaban J connectivity index is -0.0000000450. The van der Waals surface area contributed by atoms with E-state index in [4.69, 9.17) is 14.1 Å². The molecule has 0 aromatic heterocycles. The Kier molecular flexibility index (Phi) is 25.6. The molecule has 0 aliphatic rings. The molecule has 0 aliphatic heterocycles. The van der Waals surface area contributed by atoms with Crippen molar-refractivity contribution in [2.24, 2.45) is 0 Å². The van der Waals surface area contributed by atoms with Gasteiger partial charge in [-0.2, -0.15) is 0 Å². The van der Waals surface area contributed by atoms with Gasteiger partial charge in [0.1, 0.15) is 0 Å². The van der Waals surface area contributed by atoms with Gasteiger partial charge in [0, 0.05) is 0 Å². The summed E-state index contributed by atoms with van der Waals surface area (Å²) < 4.78 is 8.74. The first kappa shape index (κ1) is 15.6.